The first kappa shape index (κ1) is 25.8. The summed E-state index contributed by atoms with van der Waals surface area (Å²) in [5.74, 6) is -0.0196. The molecule has 2 saturated heterocycles. The van der Waals surface area contributed by atoms with Gasteiger partial charge in [0, 0.05) is 30.8 Å². The van der Waals surface area contributed by atoms with E-state index in [9.17, 15) is 14.0 Å². The minimum Gasteiger partial charge on any atom is -0.493 e. The second-order valence-electron chi connectivity index (χ2n) is 9.86. The molecule has 3 aromatic rings. The van der Waals surface area contributed by atoms with Gasteiger partial charge in [0.1, 0.15) is 20.6 Å². The van der Waals surface area contributed by atoms with E-state index in [4.69, 9.17) is 26.1 Å². The number of rotatable bonds is 5. The van der Waals surface area contributed by atoms with Gasteiger partial charge in [0.25, 0.3) is 5.91 Å². The van der Waals surface area contributed by atoms with E-state index in [1.807, 2.05) is 17.0 Å². The molecule has 11 heteroatoms. The van der Waals surface area contributed by atoms with Crippen molar-refractivity contribution in [3.8, 4) is 11.5 Å². The highest BCUT2D eigenvalue weighted by Gasteiger charge is 2.78. The number of hydrogen-bond donors (Lipinski definition) is 0. The lowest BCUT2D eigenvalue weighted by Gasteiger charge is -2.42. The third-order valence-electron chi connectivity index (χ3n) is 8.12. The number of hydrogen-bond acceptors (Lipinski definition) is 8. The van der Waals surface area contributed by atoms with Gasteiger partial charge < -0.3 is 18.8 Å². The molecule has 0 saturated carbocycles. The highest BCUT2D eigenvalue weighted by Crippen LogP contribution is 2.67. The number of fused-ring (bicyclic) bond motifs is 3. The van der Waals surface area contributed by atoms with Crippen molar-refractivity contribution >= 4 is 45.8 Å². The van der Waals surface area contributed by atoms with E-state index >= 15 is 0 Å². The molecule has 39 heavy (non-hydrogen) atoms. The summed E-state index contributed by atoms with van der Waals surface area (Å²) in [4.78, 5) is 34.1. The van der Waals surface area contributed by atoms with E-state index in [0.717, 1.165) is 5.56 Å². The van der Waals surface area contributed by atoms with E-state index < -0.39 is 22.0 Å². The van der Waals surface area contributed by atoms with E-state index in [1.165, 1.54) is 40.0 Å². The van der Waals surface area contributed by atoms with Crippen LogP contribution in [0.3, 0.4) is 0 Å². The van der Waals surface area contributed by atoms with E-state index in [2.05, 4.69) is 0 Å². The number of halogens is 1. The minimum absolute atomic E-state index is 0.123. The van der Waals surface area contributed by atoms with Crippen LogP contribution in [0.15, 0.2) is 59.2 Å². The lowest BCUT2D eigenvalue weighted by atomic mass is 9.72. The highest BCUT2D eigenvalue weighted by atomic mass is 32.2. The molecule has 4 heterocycles. The van der Waals surface area contributed by atoms with Crippen LogP contribution in [0.4, 0.5) is 10.1 Å². The summed E-state index contributed by atoms with van der Waals surface area (Å²) in [6.07, 6.45) is 1.54. The molecule has 202 valence electrons. The molecule has 2 fully saturated rings. The van der Waals surface area contributed by atoms with Gasteiger partial charge in [-0.2, -0.15) is 0 Å². The van der Waals surface area contributed by atoms with E-state index in [-0.39, 0.29) is 18.4 Å². The normalized spacial score (nSPS) is 26.4. The molecule has 2 aromatic carbocycles. The zero-order valence-corrected chi connectivity index (χ0v) is 23.4. The molecule has 0 aliphatic carbocycles. The number of anilines is 1. The van der Waals surface area contributed by atoms with Gasteiger partial charge in [-0.25, -0.2) is 4.39 Å². The average molecular weight is 568 g/mol. The molecule has 2 spiro atoms. The van der Waals surface area contributed by atoms with Crippen LogP contribution < -0.4 is 14.4 Å². The van der Waals surface area contributed by atoms with Crippen LogP contribution in [-0.4, -0.2) is 65.5 Å². The summed E-state index contributed by atoms with van der Waals surface area (Å²) in [5, 5.41) is 0. The average Bonchev–Trinajstić information content (AvgIpc) is 3.65. The van der Waals surface area contributed by atoms with Gasteiger partial charge in [0.15, 0.2) is 17.0 Å². The monoisotopic (exact) mass is 567 g/mol. The Kier molecular flexibility index (Phi) is 6.01. The Morgan fingerprint density at radius 3 is 2.54 bits per heavy atom. The topological polar surface area (TPSA) is 75.5 Å². The van der Waals surface area contributed by atoms with Crippen molar-refractivity contribution in [3.05, 3.63) is 77.5 Å². The van der Waals surface area contributed by atoms with Crippen molar-refractivity contribution in [2.45, 2.75) is 22.7 Å². The zero-order valence-electron chi connectivity index (χ0n) is 21.8. The number of ether oxygens (including phenoxy) is 2. The minimum atomic E-state index is -1.51. The van der Waals surface area contributed by atoms with Crippen molar-refractivity contribution in [1.29, 1.82) is 0 Å². The van der Waals surface area contributed by atoms with Crippen molar-refractivity contribution in [2.24, 2.45) is 0 Å². The number of thioether (sulfide) groups is 1. The largest absolute Gasteiger partial charge is 0.493 e. The van der Waals surface area contributed by atoms with Crippen molar-refractivity contribution in [1.82, 2.24) is 9.80 Å². The van der Waals surface area contributed by atoms with Crippen LogP contribution in [0.25, 0.3) is 0 Å². The summed E-state index contributed by atoms with van der Waals surface area (Å²) >= 11 is 7.00. The third-order valence-corrected chi connectivity index (χ3v) is 10.1. The number of benzene rings is 2. The molecule has 6 rings (SSSR count). The molecule has 0 N–H and O–H groups in total. The summed E-state index contributed by atoms with van der Waals surface area (Å²) in [6.45, 7) is 0.457. The zero-order chi connectivity index (χ0) is 27.7. The maximum absolute atomic E-state index is 14.8. The molecule has 2 amide bonds. The quantitative estimate of drug-likeness (QED) is 0.426. The molecule has 0 bridgehead atoms. The van der Waals surface area contributed by atoms with Gasteiger partial charge in [-0.15, -0.1) is 0 Å². The molecular weight excluding hydrogens is 541 g/mol. The number of carbonyl (C=O) groups excluding carboxylic acids is 2. The van der Waals surface area contributed by atoms with Gasteiger partial charge in [-0.05, 0) is 55.1 Å². The molecular formula is C28H26FN3O5S2. The fraction of sp³-hybridized carbons (Fsp3) is 0.321. The van der Waals surface area contributed by atoms with Crippen molar-refractivity contribution in [2.75, 3.05) is 39.8 Å². The Labute approximate surface area is 234 Å². The predicted molar refractivity (Wildman–Crippen MR) is 149 cm³/mol. The molecule has 1 aromatic heterocycles. The van der Waals surface area contributed by atoms with Crippen molar-refractivity contribution < 1.29 is 27.9 Å². The Morgan fingerprint density at radius 1 is 1.08 bits per heavy atom. The van der Waals surface area contributed by atoms with Crippen LogP contribution >= 0.6 is 24.0 Å². The number of nitrogens with zero attached hydrogens (tertiary/aromatic N) is 3. The van der Waals surface area contributed by atoms with Crippen molar-refractivity contribution in [3.63, 3.8) is 0 Å². The molecule has 0 radical (unpaired) electrons. The second-order valence-corrected chi connectivity index (χ2v) is 11.7. The van der Waals surface area contributed by atoms with Gasteiger partial charge in [-0.3, -0.25) is 19.4 Å². The molecule has 8 nitrogen and oxygen atoms in total. The highest BCUT2D eigenvalue weighted by molar-refractivity contribution is 8.25. The summed E-state index contributed by atoms with van der Waals surface area (Å²) in [7, 11) is 6.56. The SMILES string of the molecule is COc1ccc([C@@H]2CN(C)[C@]3(C(=O)N(C)c4ccc(F)cc43)[C@]23SC(=S)N(Cc2ccco2)C3=O)cc1OC. The maximum atomic E-state index is 14.8. The summed E-state index contributed by atoms with van der Waals surface area (Å²) in [5.41, 5.74) is 0.273. The van der Waals surface area contributed by atoms with E-state index in [0.29, 0.717) is 39.4 Å². The number of carbonyl (C=O) groups is 2. The van der Waals surface area contributed by atoms with Crippen LogP contribution in [-0.2, 0) is 21.7 Å². The number of likely N-dealkylation sites (tertiary alicyclic amines) is 1. The Morgan fingerprint density at radius 2 is 1.85 bits per heavy atom. The Balaban J connectivity index is 1.61. The van der Waals surface area contributed by atoms with Gasteiger partial charge >= 0.3 is 0 Å². The van der Waals surface area contributed by atoms with Gasteiger partial charge in [0.2, 0.25) is 5.91 Å². The van der Waals surface area contributed by atoms with Gasteiger partial charge in [0.05, 0.1) is 27.0 Å². The summed E-state index contributed by atoms with van der Waals surface area (Å²) < 4.78 is 30.3. The number of methoxy groups -OCH3 is 2. The first-order chi connectivity index (χ1) is 18.7. The third kappa shape index (κ3) is 3.30. The number of amides is 2. The predicted octanol–water partition coefficient (Wildman–Crippen LogP) is 4.14. The van der Waals surface area contributed by atoms with Crippen LogP contribution in [0.1, 0.15) is 22.8 Å². The van der Waals surface area contributed by atoms with Crippen LogP contribution in [0, 0.1) is 5.82 Å². The Hall–Kier alpha value is -3.41. The molecule has 0 unspecified atom stereocenters. The standard InChI is InChI=1S/C28H26FN3O5S2/c1-30-15-20(16-7-10-22(35-3)23(12-16)36-4)28(25(34)32(26(38)39-28)14-18-6-5-11-37-18)27(30)19-13-17(29)8-9-21(19)31(2)24(27)33/h5-13,20H,14-15H2,1-4H3/t20-,27+,28-/m0/s1. The van der Waals surface area contributed by atoms with Crippen LogP contribution in [0.5, 0.6) is 11.5 Å². The van der Waals surface area contributed by atoms with Crippen LogP contribution in [0.2, 0.25) is 0 Å². The fourth-order valence-electron chi connectivity index (χ4n) is 6.43. The maximum Gasteiger partial charge on any atom is 0.254 e. The fourth-order valence-corrected chi connectivity index (χ4v) is 8.56. The van der Waals surface area contributed by atoms with E-state index in [1.54, 1.807) is 52.6 Å². The second kappa shape index (κ2) is 9.07. The lowest BCUT2D eigenvalue weighted by molar-refractivity contribution is -0.139. The molecule has 3 aliphatic rings. The number of likely N-dealkylation sites (N-methyl/N-ethyl adjacent to an activating group) is 2. The molecule has 3 aliphatic heterocycles. The Bertz CT molecular complexity index is 1510. The molecule has 3 atom stereocenters. The lowest BCUT2D eigenvalue weighted by Crippen LogP contribution is -2.62. The first-order valence-corrected chi connectivity index (χ1v) is 13.5. The number of thiocarbonyl (C=S) groups is 1. The summed E-state index contributed by atoms with van der Waals surface area (Å²) in [6, 6.07) is 13.3. The number of furan rings is 1. The first-order valence-electron chi connectivity index (χ1n) is 12.3. The smallest absolute Gasteiger partial charge is 0.254 e. The van der Waals surface area contributed by atoms with Gasteiger partial charge in [-0.1, -0.05) is 30.0 Å².